The summed E-state index contributed by atoms with van der Waals surface area (Å²) in [6, 6.07) is 3.13. The molecule has 366 valence electrons. The number of phosphoric ester groups is 1. The van der Waals surface area contributed by atoms with E-state index in [-0.39, 0.29) is 50.0 Å². The number of esters is 2. The van der Waals surface area contributed by atoms with Crippen molar-refractivity contribution in [2.24, 2.45) is 0 Å². The van der Waals surface area contributed by atoms with Crippen LogP contribution in [0.15, 0.2) is 41.1 Å². The third-order valence-corrected chi connectivity index (χ3v) is 11.8. The average molecular weight is 923 g/mol. The molecule has 0 saturated heterocycles. The summed E-state index contributed by atoms with van der Waals surface area (Å²) in [6.07, 6.45) is 38.2. The van der Waals surface area contributed by atoms with Crippen LogP contribution in [0.4, 0.5) is 11.4 Å². The SMILES string of the molecule is CCCCCCCC/C=C\CCCCCCCC(=O)OC[C@H](COP(=O)([O-])OCCNc1ccc([N+](C)=O)c2nonc12)OC(=O)CCCCCCC/C=C\CCCCCCCC.[NH4+]. The molecule has 15 nitrogen and oxygen atoms in total. The van der Waals surface area contributed by atoms with Gasteiger partial charge in [-0.3, -0.25) is 14.2 Å². The number of nitrogens with zero attached hydrogens (tertiary/aromatic N) is 3. The Morgan fingerprint density at radius 1 is 0.688 bits per heavy atom. The van der Waals surface area contributed by atoms with Gasteiger partial charge in [0.05, 0.1) is 18.9 Å². The number of fused-ring (bicyclic) bond motifs is 1. The Morgan fingerprint density at radius 2 is 1.16 bits per heavy atom. The van der Waals surface area contributed by atoms with Crippen LogP contribution in [-0.2, 0) is 32.7 Å². The lowest BCUT2D eigenvalue weighted by atomic mass is 10.1. The fourth-order valence-corrected chi connectivity index (χ4v) is 7.84. The highest BCUT2D eigenvalue weighted by molar-refractivity contribution is 7.45. The molecule has 0 amide bonds. The Labute approximate surface area is 384 Å². The van der Waals surface area contributed by atoms with Crippen molar-refractivity contribution in [3.05, 3.63) is 41.3 Å². The maximum atomic E-state index is 12.8. The van der Waals surface area contributed by atoms with E-state index in [0.717, 1.165) is 77.0 Å². The van der Waals surface area contributed by atoms with E-state index in [0.29, 0.717) is 28.8 Å². The van der Waals surface area contributed by atoms with E-state index in [1.807, 2.05) is 0 Å². The highest BCUT2D eigenvalue weighted by Gasteiger charge is 2.22. The van der Waals surface area contributed by atoms with Crippen molar-refractivity contribution >= 4 is 42.2 Å². The van der Waals surface area contributed by atoms with Crippen LogP contribution in [0.2, 0.25) is 0 Å². The lowest BCUT2D eigenvalue weighted by molar-refractivity contribution is -0.426. The topological polar surface area (TPSA) is 219 Å². The quantitative estimate of drug-likeness (QED) is 0.0208. The maximum absolute atomic E-state index is 12.8. The van der Waals surface area contributed by atoms with Crippen LogP contribution in [0.1, 0.15) is 194 Å². The first-order chi connectivity index (χ1) is 30.7. The zero-order valence-corrected chi connectivity index (χ0v) is 40.9. The molecule has 1 heterocycles. The normalized spacial score (nSPS) is 13.0. The standard InChI is InChI=1S/C48H81N4O10P.H3N/c1-4-6-8-10-12-14-16-18-20-22-24-26-28-30-32-34-45(53)58-40-42(61-46(54)35-33-31-29-27-25-23-21-19-17-15-13-11-9-7-5-2)41-60-63(56,57)59-39-38-49-43-36-37-44(52(3)55)48-47(43)50-62-51-48;/h18-21,36-37,42H,4-17,22-35,38-41H2,1-3H3,(H-,49,51,55,56,57);1H3/p+1/b20-18-,21-19-;/t42-;/m1./s1. The number of allylic oxidation sites excluding steroid dienone is 4. The van der Waals surface area contributed by atoms with Crippen molar-refractivity contribution in [2.75, 3.05) is 38.7 Å². The summed E-state index contributed by atoms with van der Waals surface area (Å²) >= 11 is 0. The van der Waals surface area contributed by atoms with Crippen molar-refractivity contribution < 1.29 is 47.0 Å². The molecule has 2 rings (SSSR count). The number of carbonyl (C=O) groups is 2. The average Bonchev–Trinajstić information content (AvgIpc) is 3.76. The van der Waals surface area contributed by atoms with Crippen LogP contribution in [0, 0.1) is 4.91 Å². The lowest BCUT2D eigenvalue weighted by Crippen LogP contribution is -2.30. The van der Waals surface area contributed by atoms with Gasteiger partial charge in [-0.05, 0) is 80.6 Å². The number of benzene rings is 1. The fraction of sp³-hybridized carbons (Fsp3) is 0.750. The van der Waals surface area contributed by atoms with Crippen molar-refractivity contribution in [1.82, 2.24) is 16.5 Å². The second kappa shape index (κ2) is 38.7. The second-order valence-electron chi connectivity index (χ2n) is 16.6. The summed E-state index contributed by atoms with van der Waals surface area (Å²) < 4.78 is 39.2. The van der Waals surface area contributed by atoms with Gasteiger partial charge in [0.1, 0.15) is 6.61 Å². The molecule has 0 aliphatic rings. The fourth-order valence-electron chi connectivity index (χ4n) is 7.10. The Kier molecular flexibility index (Phi) is 35.4. The first-order valence-electron chi connectivity index (χ1n) is 24.3. The Balaban J connectivity index is 0.0000205. The number of carbonyl (C=O) groups excluding carboxylic acids is 2. The number of anilines is 1. The van der Waals surface area contributed by atoms with Crippen LogP contribution < -0.4 is 16.4 Å². The number of ether oxygens (including phenoxy) is 2. The monoisotopic (exact) mass is 923 g/mol. The Hall–Kier alpha value is -3.49. The summed E-state index contributed by atoms with van der Waals surface area (Å²) in [7, 11) is -3.52. The van der Waals surface area contributed by atoms with Gasteiger partial charge in [0.15, 0.2) is 18.7 Å². The van der Waals surface area contributed by atoms with E-state index in [2.05, 4.69) is 53.8 Å². The first kappa shape index (κ1) is 58.5. The molecular formula is C48H85N5O10P+. The van der Waals surface area contributed by atoms with Gasteiger partial charge in [-0.15, -0.1) is 0 Å². The van der Waals surface area contributed by atoms with E-state index >= 15 is 0 Å². The van der Waals surface area contributed by atoms with Crippen molar-refractivity contribution in [1.29, 1.82) is 0 Å². The smallest absolute Gasteiger partial charge is 0.306 e. The molecule has 64 heavy (non-hydrogen) atoms. The zero-order chi connectivity index (χ0) is 45.6. The molecule has 0 bridgehead atoms. The number of nitrogens with one attached hydrogen (secondary N) is 1. The van der Waals surface area contributed by atoms with Crippen LogP contribution in [-0.4, -0.2) is 66.5 Å². The van der Waals surface area contributed by atoms with Crippen molar-refractivity contribution in [2.45, 2.75) is 200 Å². The number of hydrogen-bond donors (Lipinski definition) is 2. The molecular weight excluding hydrogens is 838 g/mol. The van der Waals surface area contributed by atoms with Gasteiger partial charge in [0, 0.05) is 35.1 Å². The van der Waals surface area contributed by atoms with E-state index in [1.165, 1.54) is 90.2 Å². The second-order valence-corrected chi connectivity index (χ2v) is 18.0. The number of unbranched alkanes of at least 4 members (excludes halogenated alkanes) is 22. The zero-order valence-electron chi connectivity index (χ0n) is 40.0. The lowest BCUT2D eigenvalue weighted by Gasteiger charge is -2.25. The molecule has 0 fully saturated rings. The van der Waals surface area contributed by atoms with Gasteiger partial charge in [0.25, 0.3) is 13.5 Å². The van der Waals surface area contributed by atoms with Crippen molar-refractivity contribution in [3.63, 3.8) is 0 Å². The van der Waals surface area contributed by atoms with Gasteiger partial charge >= 0.3 is 11.9 Å². The predicted molar refractivity (Wildman–Crippen MR) is 255 cm³/mol. The van der Waals surface area contributed by atoms with Gasteiger partial charge < -0.3 is 34.9 Å². The van der Waals surface area contributed by atoms with Crippen LogP contribution in [0.5, 0.6) is 0 Å². The van der Waals surface area contributed by atoms with Gasteiger partial charge in [-0.25, -0.2) is 4.63 Å². The van der Waals surface area contributed by atoms with E-state index in [9.17, 15) is 24.0 Å². The molecule has 1 aromatic carbocycles. The molecule has 1 unspecified atom stereocenters. The number of aromatic nitrogens is 2. The largest absolute Gasteiger partial charge is 0.756 e. The number of quaternary nitrogens is 1. The molecule has 0 aliphatic heterocycles. The first-order valence-corrected chi connectivity index (χ1v) is 25.8. The number of hydrogen-bond acceptors (Lipinski definition) is 13. The maximum Gasteiger partial charge on any atom is 0.306 e. The summed E-state index contributed by atoms with van der Waals surface area (Å²) in [5.41, 5.74) is 1.28. The molecule has 0 radical (unpaired) electrons. The summed E-state index contributed by atoms with van der Waals surface area (Å²) in [4.78, 5) is 49.9. The minimum Gasteiger partial charge on any atom is -0.756 e. The van der Waals surface area contributed by atoms with Gasteiger partial charge in [0.2, 0.25) is 5.52 Å². The van der Waals surface area contributed by atoms with Crippen molar-refractivity contribution in [3.8, 4) is 0 Å². The number of rotatable bonds is 42. The van der Waals surface area contributed by atoms with Crippen LogP contribution in [0.3, 0.4) is 0 Å². The van der Waals surface area contributed by atoms with Gasteiger partial charge in [-0.1, -0.05) is 141 Å². The van der Waals surface area contributed by atoms with E-state index in [4.69, 9.17) is 23.2 Å². The molecule has 16 heteroatoms. The predicted octanol–water partition coefficient (Wildman–Crippen LogP) is 13.1. The molecule has 1 aromatic heterocycles. The molecule has 0 spiro atoms. The minimum absolute atomic E-state index is 0. The molecule has 0 saturated carbocycles. The minimum atomic E-state index is -4.84. The number of phosphoric acid groups is 1. The highest BCUT2D eigenvalue weighted by Crippen LogP contribution is 2.38. The molecule has 2 aromatic rings. The third-order valence-electron chi connectivity index (χ3n) is 10.8. The molecule has 2 atom stereocenters. The van der Waals surface area contributed by atoms with Crippen LogP contribution in [0.25, 0.3) is 11.0 Å². The van der Waals surface area contributed by atoms with E-state index < -0.39 is 32.5 Å². The Morgan fingerprint density at radius 3 is 1.67 bits per heavy atom. The Bertz CT molecular complexity index is 1620. The third kappa shape index (κ3) is 29.9. The molecule has 5 N–H and O–H groups in total. The highest BCUT2D eigenvalue weighted by atomic mass is 31.2. The summed E-state index contributed by atoms with van der Waals surface area (Å²) in [6.45, 7) is 3.31. The number of nitroso groups, excluding NO2 is 1. The summed E-state index contributed by atoms with van der Waals surface area (Å²) in [5.74, 6) is -0.951. The molecule has 0 aliphatic carbocycles. The van der Waals surface area contributed by atoms with Gasteiger partial charge in [-0.2, -0.15) is 0 Å². The summed E-state index contributed by atoms with van der Waals surface area (Å²) in [5, 5.41) is 10.6. The van der Waals surface area contributed by atoms with Crippen LogP contribution >= 0.6 is 7.82 Å². The van der Waals surface area contributed by atoms with E-state index in [1.54, 1.807) is 6.07 Å².